The fourth-order valence-corrected chi connectivity index (χ4v) is 4.22. The van der Waals surface area contributed by atoms with Crippen LogP contribution in [0.15, 0.2) is 24.7 Å². The lowest BCUT2D eigenvalue weighted by Gasteiger charge is -2.25. The Morgan fingerprint density at radius 3 is 3.03 bits per heavy atom. The van der Waals surface area contributed by atoms with Gasteiger partial charge in [0, 0.05) is 38.6 Å². The first-order valence-electron chi connectivity index (χ1n) is 9.44. The zero-order chi connectivity index (χ0) is 20.1. The summed E-state index contributed by atoms with van der Waals surface area (Å²) in [7, 11) is 1.52. The molecule has 0 spiro atoms. The maximum atomic E-state index is 13.2. The number of halogens is 2. The third-order valence-electron chi connectivity index (χ3n) is 5.52. The number of rotatable bonds is 4. The van der Waals surface area contributed by atoms with Crippen molar-refractivity contribution in [1.82, 2.24) is 29.7 Å². The molecule has 3 aromatic heterocycles. The fraction of sp³-hybridized carbons (Fsp3) is 0.444. The summed E-state index contributed by atoms with van der Waals surface area (Å²) < 4.78 is 29.1. The molecule has 2 N–H and O–H groups in total. The topological polar surface area (TPSA) is 92.4 Å². The maximum absolute atomic E-state index is 13.2. The van der Waals surface area contributed by atoms with Crippen molar-refractivity contribution < 1.29 is 13.6 Å². The molecule has 11 heteroatoms. The predicted octanol–water partition coefficient (Wildman–Crippen LogP) is 1.45. The molecule has 2 atom stereocenters. The van der Waals surface area contributed by atoms with Crippen LogP contribution in [0.3, 0.4) is 0 Å². The molecule has 1 amide bonds. The maximum Gasteiger partial charge on any atom is 0.284 e. The van der Waals surface area contributed by atoms with E-state index >= 15 is 0 Å². The molecule has 5 rings (SSSR count). The van der Waals surface area contributed by atoms with Crippen LogP contribution >= 0.6 is 0 Å². The van der Waals surface area contributed by atoms with Crippen LogP contribution < -0.4 is 15.5 Å². The number of aryl methyl sites for hydroxylation is 1. The Kier molecular flexibility index (Phi) is 4.19. The van der Waals surface area contributed by atoms with Gasteiger partial charge >= 0.3 is 0 Å². The van der Waals surface area contributed by atoms with Gasteiger partial charge in [-0.3, -0.25) is 9.48 Å². The van der Waals surface area contributed by atoms with Gasteiger partial charge in [-0.1, -0.05) is 0 Å². The van der Waals surface area contributed by atoms with Gasteiger partial charge in [0.2, 0.25) is 0 Å². The second kappa shape index (κ2) is 6.76. The third kappa shape index (κ3) is 3.11. The quantitative estimate of drug-likeness (QED) is 0.686. The fourth-order valence-electron chi connectivity index (χ4n) is 4.22. The molecule has 1 unspecified atom stereocenters. The normalized spacial score (nSPS) is 21.3. The highest BCUT2D eigenvalue weighted by Gasteiger charge is 2.36. The van der Waals surface area contributed by atoms with E-state index in [1.165, 1.54) is 28.6 Å². The zero-order valence-electron chi connectivity index (χ0n) is 15.7. The summed E-state index contributed by atoms with van der Waals surface area (Å²) >= 11 is 0. The molecule has 152 valence electrons. The second-order valence-corrected chi connectivity index (χ2v) is 7.53. The zero-order valence-corrected chi connectivity index (χ0v) is 15.7. The summed E-state index contributed by atoms with van der Waals surface area (Å²) in [5.74, 6) is 0.831. The summed E-state index contributed by atoms with van der Waals surface area (Å²) in [6, 6.07) is 2.27. The van der Waals surface area contributed by atoms with Gasteiger partial charge in [0.05, 0.1) is 11.9 Å². The summed E-state index contributed by atoms with van der Waals surface area (Å²) in [4.78, 5) is 19.7. The Morgan fingerprint density at radius 1 is 1.38 bits per heavy atom. The van der Waals surface area contributed by atoms with E-state index in [2.05, 4.69) is 30.7 Å². The number of amides is 1. The molecular formula is C18H20F2N8O. The Labute approximate surface area is 164 Å². The number of carbonyl (C=O) groups excluding carboxylic acids is 1. The molecule has 0 radical (unpaired) electrons. The molecule has 0 aromatic carbocycles. The Balaban J connectivity index is 1.45. The van der Waals surface area contributed by atoms with Crippen molar-refractivity contribution in [3.63, 3.8) is 0 Å². The van der Waals surface area contributed by atoms with Gasteiger partial charge in [-0.05, 0) is 24.9 Å². The van der Waals surface area contributed by atoms with Gasteiger partial charge < -0.3 is 15.5 Å². The Bertz CT molecular complexity index is 1080. The molecule has 2 bridgehead atoms. The van der Waals surface area contributed by atoms with Crippen LogP contribution in [0, 0.1) is 5.92 Å². The molecule has 2 aliphatic rings. The summed E-state index contributed by atoms with van der Waals surface area (Å²) in [5.41, 5.74) is 0.110. The minimum Gasteiger partial charge on any atom is -0.352 e. The van der Waals surface area contributed by atoms with Crippen LogP contribution in [-0.4, -0.2) is 56.0 Å². The number of fused-ring (bicyclic) bond motifs is 3. The van der Waals surface area contributed by atoms with Gasteiger partial charge in [0.25, 0.3) is 12.3 Å². The highest BCUT2D eigenvalue weighted by Crippen LogP contribution is 2.30. The van der Waals surface area contributed by atoms with E-state index in [0.29, 0.717) is 17.6 Å². The molecule has 3 aromatic rings. The van der Waals surface area contributed by atoms with E-state index in [1.54, 1.807) is 6.20 Å². The van der Waals surface area contributed by atoms with Crippen molar-refractivity contribution in [2.45, 2.75) is 18.9 Å². The third-order valence-corrected chi connectivity index (χ3v) is 5.52. The summed E-state index contributed by atoms with van der Waals surface area (Å²) in [5, 5.41) is 13.8. The molecular weight excluding hydrogens is 382 g/mol. The lowest BCUT2D eigenvalue weighted by atomic mass is 10.0. The minimum atomic E-state index is -2.79. The number of piperidine rings is 1. The molecule has 0 aliphatic carbocycles. The molecule has 2 saturated heterocycles. The molecule has 5 heterocycles. The van der Waals surface area contributed by atoms with Gasteiger partial charge in [-0.25, -0.2) is 18.3 Å². The molecule has 29 heavy (non-hydrogen) atoms. The van der Waals surface area contributed by atoms with Crippen molar-refractivity contribution in [3.8, 4) is 0 Å². The number of carbonyl (C=O) groups is 1. The summed E-state index contributed by atoms with van der Waals surface area (Å²) in [6.45, 7) is 2.84. The number of nitrogens with zero attached hydrogens (tertiary/aromatic N) is 6. The van der Waals surface area contributed by atoms with Crippen molar-refractivity contribution in [1.29, 1.82) is 0 Å². The molecule has 2 aliphatic heterocycles. The van der Waals surface area contributed by atoms with Crippen LogP contribution in [0.25, 0.3) is 5.65 Å². The van der Waals surface area contributed by atoms with Gasteiger partial charge in [-0.2, -0.15) is 10.2 Å². The standard InChI is InChI=1S/C18H20F2N8O/c1-26-9-13(15(25-26)16(19)20)23-18(29)12-7-22-28-3-2-14(24-17(12)28)27-8-10-4-11(27)6-21-5-10/h2-3,7,9-11,16,21H,4-6,8H2,1H3,(H,23,29)/t10?,11-/m1/s1. The lowest BCUT2D eigenvalue weighted by molar-refractivity contribution is 0.102. The van der Waals surface area contributed by atoms with E-state index < -0.39 is 18.0 Å². The van der Waals surface area contributed by atoms with Gasteiger partial charge in [-0.15, -0.1) is 0 Å². The molecule has 0 saturated carbocycles. The van der Waals surface area contributed by atoms with Crippen molar-refractivity contribution in [2.75, 3.05) is 29.9 Å². The van der Waals surface area contributed by atoms with Gasteiger partial charge in [0.15, 0.2) is 11.3 Å². The monoisotopic (exact) mass is 402 g/mol. The predicted molar refractivity (Wildman–Crippen MR) is 101 cm³/mol. The first kappa shape index (κ1) is 18.0. The highest BCUT2D eigenvalue weighted by atomic mass is 19.3. The molecule has 2 fully saturated rings. The average molecular weight is 402 g/mol. The number of nitrogens with one attached hydrogen (secondary N) is 2. The smallest absolute Gasteiger partial charge is 0.284 e. The Morgan fingerprint density at radius 2 is 2.24 bits per heavy atom. The first-order chi connectivity index (χ1) is 14.0. The first-order valence-corrected chi connectivity index (χ1v) is 9.44. The molecule has 9 nitrogen and oxygen atoms in total. The number of alkyl halides is 2. The average Bonchev–Trinajstić information content (AvgIpc) is 3.36. The number of anilines is 2. The SMILES string of the molecule is Cn1cc(NC(=O)c2cnn3ccc(N4CC5CNC[C@H]4C5)nc23)c(C(F)F)n1. The summed E-state index contributed by atoms with van der Waals surface area (Å²) in [6.07, 6.45) is 2.84. The van der Waals surface area contributed by atoms with E-state index in [-0.39, 0.29) is 11.3 Å². The van der Waals surface area contributed by atoms with Crippen molar-refractivity contribution in [2.24, 2.45) is 13.0 Å². The number of hydrogen-bond donors (Lipinski definition) is 2. The van der Waals surface area contributed by atoms with Crippen LogP contribution in [-0.2, 0) is 7.05 Å². The lowest BCUT2D eigenvalue weighted by Crippen LogP contribution is -2.39. The minimum absolute atomic E-state index is 0.0255. The van der Waals surface area contributed by atoms with Crippen molar-refractivity contribution >= 4 is 23.1 Å². The van der Waals surface area contributed by atoms with E-state index in [9.17, 15) is 13.6 Å². The van der Waals surface area contributed by atoms with Crippen LogP contribution in [0.5, 0.6) is 0 Å². The van der Waals surface area contributed by atoms with Gasteiger partial charge in [0.1, 0.15) is 11.4 Å². The number of hydrogen-bond acceptors (Lipinski definition) is 6. The second-order valence-electron chi connectivity index (χ2n) is 7.53. The van der Waals surface area contributed by atoms with Crippen LogP contribution in [0.2, 0.25) is 0 Å². The van der Waals surface area contributed by atoms with Crippen molar-refractivity contribution in [3.05, 3.63) is 35.9 Å². The Hall–Kier alpha value is -3.08. The number of aromatic nitrogens is 5. The van der Waals surface area contributed by atoms with Crippen LogP contribution in [0.1, 0.15) is 28.9 Å². The largest absolute Gasteiger partial charge is 0.352 e. The van der Waals surface area contributed by atoms with E-state index in [4.69, 9.17) is 0 Å². The highest BCUT2D eigenvalue weighted by molar-refractivity contribution is 6.08. The van der Waals surface area contributed by atoms with Crippen LogP contribution in [0.4, 0.5) is 20.3 Å². The van der Waals surface area contributed by atoms with E-state index in [0.717, 1.165) is 31.9 Å². The van der Waals surface area contributed by atoms with E-state index in [1.807, 2.05) is 6.07 Å².